The molecule has 3 aromatic rings. The van der Waals surface area contributed by atoms with Gasteiger partial charge in [0, 0.05) is 5.56 Å². The lowest BCUT2D eigenvalue weighted by molar-refractivity contribution is 0.663. The van der Waals surface area contributed by atoms with Gasteiger partial charge in [0.05, 0.1) is 12.7 Å². The molecule has 0 aliphatic carbocycles. The molecule has 0 radical (unpaired) electrons. The van der Waals surface area contributed by atoms with Crippen molar-refractivity contribution < 1.29 is 0 Å². The lowest BCUT2D eigenvalue weighted by Gasteiger charge is -1.96. The molecule has 2 aromatic carbocycles. The Morgan fingerprint density at radius 2 is 1.76 bits per heavy atom. The normalized spacial score (nSPS) is 11.1. The van der Waals surface area contributed by atoms with Crippen molar-refractivity contribution >= 4 is 6.08 Å². The minimum absolute atomic E-state index is 0.716. The van der Waals surface area contributed by atoms with Crippen LogP contribution in [0.5, 0.6) is 0 Å². The van der Waals surface area contributed by atoms with E-state index in [2.05, 4.69) is 65.8 Å². The van der Waals surface area contributed by atoms with Crippen molar-refractivity contribution in [1.82, 2.24) is 15.0 Å². The molecule has 0 saturated heterocycles. The van der Waals surface area contributed by atoms with E-state index in [0.717, 1.165) is 11.3 Å². The standard InChI is InChI=1S/C18H17N3/c1-15-9-11-17(12-10-15)18-14-21(20-19-18)13-5-8-16-6-3-2-4-7-16/h2-12,14H,13H2,1H3/b8-5+. The van der Waals surface area contributed by atoms with Gasteiger partial charge >= 0.3 is 0 Å². The summed E-state index contributed by atoms with van der Waals surface area (Å²) in [4.78, 5) is 0. The third-order valence-electron chi connectivity index (χ3n) is 3.29. The molecule has 0 bridgehead atoms. The SMILES string of the molecule is Cc1ccc(-c2cn(C/C=C/c3ccccc3)nn2)cc1. The summed E-state index contributed by atoms with van der Waals surface area (Å²) in [7, 11) is 0. The number of allylic oxidation sites excluding steroid dienone is 1. The van der Waals surface area contributed by atoms with Gasteiger partial charge in [-0.1, -0.05) is 77.5 Å². The van der Waals surface area contributed by atoms with Crippen LogP contribution in [0.4, 0.5) is 0 Å². The molecule has 3 nitrogen and oxygen atoms in total. The van der Waals surface area contributed by atoms with E-state index in [1.165, 1.54) is 11.1 Å². The van der Waals surface area contributed by atoms with Gasteiger partial charge in [-0.3, -0.25) is 0 Å². The summed E-state index contributed by atoms with van der Waals surface area (Å²) in [6.07, 6.45) is 6.15. The van der Waals surface area contributed by atoms with Crippen molar-refractivity contribution in [2.45, 2.75) is 13.5 Å². The summed E-state index contributed by atoms with van der Waals surface area (Å²) < 4.78 is 1.84. The van der Waals surface area contributed by atoms with Crippen LogP contribution in [0.3, 0.4) is 0 Å². The molecule has 0 unspecified atom stereocenters. The Hall–Kier alpha value is -2.68. The smallest absolute Gasteiger partial charge is 0.113 e. The van der Waals surface area contributed by atoms with Crippen molar-refractivity contribution in [1.29, 1.82) is 0 Å². The molecule has 0 aliphatic rings. The number of nitrogens with zero attached hydrogens (tertiary/aromatic N) is 3. The van der Waals surface area contributed by atoms with Gasteiger partial charge < -0.3 is 0 Å². The molecule has 0 saturated carbocycles. The van der Waals surface area contributed by atoms with Gasteiger partial charge in [0.25, 0.3) is 0 Å². The number of aryl methyl sites for hydroxylation is 1. The summed E-state index contributed by atoms with van der Waals surface area (Å²) in [6, 6.07) is 18.6. The van der Waals surface area contributed by atoms with Crippen molar-refractivity contribution in [2.75, 3.05) is 0 Å². The van der Waals surface area contributed by atoms with Gasteiger partial charge in [0.15, 0.2) is 0 Å². The molecular weight excluding hydrogens is 258 g/mol. The first-order chi connectivity index (χ1) is 10.3. The molecule has 104 valence electrons. The molecule has 1 heterocycles. The molecular formula is C18H17N3. The van der Waals surface area contributed by atoms with Crippen LogP contribution >= 0.6 is 0 Å². The van der Waals surface area contributed by atoms with Crippen molar-refractivity contribution in [3.8, 4) is 11.3 Å². The average Bonchev–Trinajstić information content (AvgIpc) is 2.98. The van der Waals surface area contributed by atoms with Crippen LogP contribution in [0, 0.1) is 6.92 Å². The molecule has 0 aliphatic heterocycles. The van der Waals surface area contributed by atoms with E-state index in [0.29, 0.717) is 6.54 Å². The zero-order valence-electron chi connectivity index (χ0n) is 12.0. The quantitative estimate of drug-likeness (QED) is 0.721. The van der Waals surface area contributed by atoms with Gasteiger partial charge in [0.2, 0.25) is 0 Å². The lowest BCUT2D eigenvalue weighted by atomic mass is 10.1. The number of benzene rings is 2. The first kappa shape index (κ1) is 13.3. The third kappa shape index (κ3) is 3.45. The molecule has 0 atom stereocenters. The highest BCUT2D eigenvalue weighted by Gasteiger charge is 2.02. The van der Waals surface area contributed by atoms with E-state index < -0.39 is 0 Å². The predicted octanol–water partition coefficient (Wildman–Crippen LogP) is 3.97. The maximum Gasteiger partial charge on any atom is 0.113 e. The topological polar surface area (TPSA) is 30.7 Å². The fourth-order valence-electron chi connectivity index (χ4n) is 2.11. The Morgan fingerprint density at radius 1 is 1.00 bits per heavy atom. The second kappa shape index (κ2) is 6.18. The zero-order valence-corrected chi connectivity index (χ0v) is 12.0. The van der Waals surface area contributed by atoms with E-state index in [9.17, 15) is 0 Å². The summed E-state index contributed by atoms with van der Waals surface area (Å²) >= 11 is 0. The van der Waals surface area contributed by atoms with Crippen LogP contribution in [-0.2, 0) is 6.54 Å². The number of rotatable bonds is 4. The van der Waals surface area contributed by atoms with Crippen LogP contribution in [0.25, 0.3) is 17.3 Å². The summed E-state index contributed by atoms with van der Waals surface area (Å²) in [5.41, 5.74) is 4.44. The average molecular weight is 275 g/mol. The fourth-order valence-corrected chi connectivity index (χ4v) is 2.11. The van der Waals surface area contributed by atoms with E-state index >= 15 is 0 Å². The van der Waals surface area contributed by atoms with E-state index in [4.69, 9.17) is 0 Å². The van der Waals surface area contributed by atoms with Crippen LogP contribution in [0.15, 0.2) is 66.9 Å². The van der Waals surface area contributed by atoms with Crippen LogP contribution < -0.4 is 0 Å². The van der Waals surface area contributed by atoms with Crippen LogP contribution in [-0.4, -0.2) is 15.0 Å². The minimum atomic E-state index is 0.716. The highest BCUT2D eigenvalue weighted by atomic mass is 15.4. The van der Waals surface area contributed by atoms with Crippen molar-refractivity contribution in [3.05, 3.63) is 78.0 Å². The lowest BCUT2D eigenvalue weighted by Crippen LogP contribution is -1.95. The number of hydrogen-bond donors (Lipinski definition) is 0. The van der Waals surface area contributed by atoms with E-state index in [-0.39, 0.29) is 0 Å². The fraction of sp³-hybridized carbons (Fsp3) is 0.111. The zero-order chi connectivity index (χ0) is 14.5. The maximum atomic E-state index is 4.22. The van der Waals surface area contributed by atoms with E-state index in [1.807, 2.05) is 29.1 Å². The predicted molar refractivity (Wildman–Crippen MR) is 85.7 cm³/mol. The molecule has 0 N–H and O–H groups in total. The maximum absolute atomic E-state index is 4.22. The van der Waals surface area contributed by atoms with E-state index in [1.54, 1.807) is 0 Å². The molecule has 0 amide bonds. The molecule has 21 heavy (non-hydrogen) atoms. The number of hydrogen-bond acceptors (Lipinski definition) is 2. The summed E-state index contributed by atoms with van der Waals surface area (Å²) in [6.45, 7) is 2.79. The Bertz CT molecular complexity index is 725. The Kier molecular flexibility index (Phi) is 3.92. The van der Waals surface area contributed by atoms with Crippen molar-refractivity contribution in [2.24, 2.45) is 0 Å². The molecule has 0 fully saturated rings. The Morgan fingerprint density at radius 3 is 2.52 bits per heavy atom. The molecule has 3 heteroatoms. The van der Waals surface area contributed by atoms with Gasteiger partial charge in [-0.25, -0.2) is 4.68 Å². The largest absolute Gasteiger partial charge is 0.248 e. The van der Waals surface area contributed by atoms with Crippen molar-refractivity contribution in [3.63, 3.8) is 0 Å². The first-order valence-electron chi connectivity index (χ1n) is 7.00. The Labute approximate surface area is 124 Å². The monoisotopic (exact) mass is 275 g/mol. The number of aromatic nitrogens is 3. The highest BCUT2D eigenvalue weighted by Crippen LogP contribution is 2.16. The van der Waals surface area contributed by atoms with Gasteiger partial charge in [0.1, 0.15) is 5.69 Å². The summed E-state index contributed by atoms with van der Waals surface area (Å²) in [5, 5.41) is 8.38. The molecule has 1 aromatic heterocycles. The van der Waals surface area contributed by atoms with Crippen LogP contribution in [0.2, 0.25) is 0 Å². The second-order valence-corrected chi connectivity index (χ2v) is 5.00. The highest BCUT2D eigenvalue weighted by molar-refractivity contribution is 5.58. The molecule has 3 rings (SSSR count). The second-order valence-electron chi connectivity index (χ2n) is 5.00. The van der Waals surface area contributed by atoms with Gasteiger partial charge in [-0.15, -0.1) is 5.10 Å². The van der Waals surface area contributed by atoms with Crippen LogP contribution in [0.1, 0.15) is 11.1 Å². The van der Waals surface area contributed by atoms with Gasteiger partial charge in [-0.05, 0) is 12.5 Å². The summed E-state index contributed by atoms with van der Waals surface area (Å²) in [5.74, 6) is 0. The minimum Gasteiger partial charge on any atom is -0.248 e. The Balaban J connectivity index is 1.68. The first-order valence-corrected chi connectivity index (χ1v) is 7.00. The van der Waals surface area contributed by atoms with Gasteiger partial charge in [-0.2, -0.15) is 0 Å². The molecule has 0 spiro atoms. The third-order valence-corrected chi connectivity index (χ3v) is 3.29.